The van der Waals surface area contributed by atoms with Crippen molar-refractivity contribution in [3.05, 3.63) is 28.8 Å². The van der Waals surface area contributed by atoms with Gasteiger partial charge in [-0.25, -0.2) is 0 Å². The Morgan fingerprint density at radius 2 is 1.95 bits per heavy atom. The standard InChI is InChI=1S/C16H26ClNO3/c1-5-18-12(4)13-6-7-16(15(17)8-13)21-10-14(19)9-20-11(2)3/h6-8,11-12,14,18-19H,5,9-10H2,1-4H3. The second-order valence-electron chi connectivity index (χ2n) is 5.32. The summed E-state index contributed by atoms with van der Waals surface area (Å²) < 4.78 is 10.9. The maximum atomic E-state index is 9.76. The van der Waals surface area contributed by atoms with Gasteiger partial charge in [-0.05, 0) is 45.0 Å². The smallest absolute Gasteiger partial charge is 0.138 e. The van der Waals surface area contributed by atoms with Crippen molar-refractivity contribution in [2.24, 2.45) is 0 Å². The van der Waals surface area contributed by atoms with Crippen LogP contribution in [-0.4, -0.2) is 37.1 Å². The monoisotopic (exact) mass is 315 g/mol. The predicted octanol–water partition coefficient (Wildman–Crippen LogP) is 3.18. The van der Waals surface area contributed by atoms with E-state index in [-0.39, 0.29) is 25.4 Å². The highest BCUT2D eigenvalue weighted by Gasteiger charge is 2.11. The molecule has 5 heteroatoms. The van der Waals surface area contributed by atoms with Gasteiger partial charge in [0.1, 0.15) is 18.5 Å². The van der Waals surface area contributed by atoms with Gasteiger partial charge in [-0.2, -0.15) is 0 Å². The van der Waals surface area contributed by atoms with Crippen molar-refractivity contribution >= 4 is 11.6 Å². The van der Waals surface area contributed by atoms with Crippen LogP contribution in [0.15, 0.2) is 18.2 Å². The molecule has 0 saturated carbocycles. The molecule has 120 valence electrons. The van der Waals surface area contributed by atoms with Crippen molar-refractivity contribution in [2.75, 3.05) is 19.8 Å². The first-order valence-electron chi connectivity index (χ1n) is 7.39. The molecule has 1 rings (SSSR count). The van der Waals surface area contributed by atoms with E-state index in [1.54, 1.807) is 0 Å². The van der Waals surface area contributed by atoms with Crippen LogP contribution in [0.3, 0.4) is 0 Å². The Morgan fingerprint density at radius 3 is 2.52 bits per heavy atom. The molecule has 0 saturated heterocycles. The Hall–Kier alpha value is -0.810. The lowest BCUT2D eigenvalue weighted by molar-refractivity contribution is -0.0122. The minimum atomic E-state index is -0.663. The fourth-order valence-corrected chi connectivity index (χ4v) is 2.11. The largest absolute Gasteiger partial charge is 0.489 e. The summed E-state index contributed by atoms with van der Waals surface area (Å²) in [5.41, 5.74) is 1.11. The molecule has 0 aliphatic rings. The zero-order valence-corrected chi connectivity index (χ0v) is 14.0. The average molecular weight is 316 g/mol. The van der Waals surface area contributed by atoms with Gasteiger partial charge in [-0.15, -0.1) is 0 Å². The lowest BCUT2D eigenvalue weighted by Gasteiger charge is -2.17. The molecule has 2 N–H and O–H groups in total. The van der Waals surface area contributed by atoms with Gasteiger partial charge in [0.2, 0.25) is 0 Å². The normalized spacial score (nSPS) is 14.2. The molecule has 2 atom stereocenters. The number of ether oxygens (including phenoxy) is 2. The zero-order chi connectivity index (χ0) is 15.8. The number of hydrogen-bond donors (Lipinski definition) is 2. The maximum absolute atomic E-state index is 9.76. The van der Waals surface area contributed by atoms with E-state index in [9.17, 15) is 5.11 Å². The molecule has 0 bridgehead atoms. The lowest BCUT2D eigenvalue weighted by atomic mass is 10.1. The van der Waals surface area contributed by atoms with Crippen LogP contribution < -0.4 is 10.1 Å². The Labute approximate surface area is 132 Å². The minimum absolute atomic E-state index is 0.0927. The molecule has 1 aromatic rings. The summed E-state index contributed by atoms with van der Waals surface area (Å²) in [5, 5.41) is 13.6. The van der Waals surface area contributed by atoms with Gasteiger partial charge in [-0.1, -0.05) is 24.6 Å². The Morgan fingerprint density at radius 1 is 1.24 bits per heavy atom. The summed E-state index contributed by atoms with van der Waals surface area (Å²) in [6, 6.07) is 5.94. The van der Waals surface area contributed by atoms with Crippen molar-refractivity contribution in [2.45, 2.75) is 45.9 Å². The van der Waals surface area contributed by atoms with Gasteiger partial charge in [0.15, 0.2) is 0 Å². The molecule has 0 amide bonds. The van der Waals surface area contributed by atoms with E-state index in [2.05, 4.69) is 19.2 Å². The number of aliphatic hydroxyl groups is 1. The summed E-state index contributed by atoms with van der Waals surface area (Å²) in [4.78, 5) is 0. The molecule has 21 heavy (non-hydrogen) atoms. The first kappa shape index (κ1) is 18.2. The van der Waals surface area contributed by atoms with Gasteiger partial charge >= 0.3 is 0 Å². The van der Waals surface area contributed by atoms with E-state index in [1.165, 1.54) is 0 Å². The lowest BCUT2D eigenvalue weighted by Crippen LogP contribution is -2.25. The van der Waals surface area contributed by atoms with Crippen LogP contribution in [-0.2, 0) is 4.74 Å². The number of hydrogen-bond acceptors (Lipinski definition) is 4. The molecule has 0 aliphatic carbocycles. The van der Waals surface area contributed by atoms with E-state index < -0.39 is 6.10 Å². The summed E-state index contributed by atoms with van der Waals surface area (Å²) in [5.74, 6) is 0.577. The number of aliphatic hydroxyl groups excluding tert-OH is 1. The molecule has 0 heterocycles. The predicted molar refractivity (Wildman–Crippen MR) is 86.1 cm³/mol. The van der Waals surface area contributed by atoms with E-state index in [4.69, 9.17) is 21.1 Å². The van der Waals surface area contributed by atoms with E-state index in [0.717, 1.165) is 12.1 Å². The molecule has 0 fully saturated rings. The second kappa shape index (κ2) is 9.26. The van der Waals surface area contributed by atoms with Gasteiger partial charge in [0, 0.05) is 6.04 Å². The fraction of sp³-hybridized carbons (Fsp3) is 0.625. The Kier molecular flexibility index (Phi) is 8.04. The van der Waals surface area contributed by atoms with E-state index in [0.29, 0.717) is 10.8 Å². The molecular formula is C16H26ClNO3. The van der Waals surface area contributed by atoms with Crippen LogP contribution in [0.5, 0.6) is 5.75 Å². The van der Waals surface area contributed by atoms with Gasteiger partial charge in [-0.3, -0.25) is 0 Å². The second-order valence-corrected chi connectivity index (χ2v) is 5.72. The molecule has 0 aliphatic heterocycles. The Bertz CT molecular complexity index is 426. The van der Waals surface area contributed by atoms with Crippen LogP contribution in [0.4, 0.5) is 0 Å². The molecule has 0 spiro atoms. The highest BCUT2D eigenvalue weighted by atomic mass is 35.5. The van der Waals surface area contributed by atoms with Crippen molar-refractivity contribution in [1.82, 2.24) is 5.32 Å². The summed E-state index contributed by atoms with van der Waals surface area (Å²) >= 11 is 6.22. The van der Waals surface area contributed by atoms with Crippen LogP contribution in [0.2, 0.25) is 5.02 Å². The van der Waals surface area contributed by atoms with Gasteiger partial charge in [0.05, 0.1) is 17.7 Å². The first-order valence-corrected chi connectivity index (χ1v) is 7.77. The van der Waals surface area contributed by atoms with Crippen molar-refractivity contribution in [3.63, 3.8) is 0 Å². The van der Waals surface area contributed by atoms with Crippen LogP contribution >= 0.6 is 11.6 Å². The third-order valence-corrected chi connectivity index (χ3v) is 3.31. The third kappa shape index (κ3) is 6.66. The summed E-state index contributed by atoms with van der Waals surface area (Å²) in [6.45, 7) is 9.32. The minimum Gasteiger partial charge on any atom is -0.489 e. The quantitative estimate of drug-likeness (QED) is 0.735. The zero-order valence-electron chi connectivity index (χ0n) is 13.2. The van der Waals surface area contributed by atoms with Gasteiger partial charge < -0.3 is 19.9 Å². The van der Waals surface area contributed by atoms with E-state index >= 15 is 0 Å². The number of benzene rings is 1. The molecule has 0 radical (unpaired) electrons. The topological polar surface area (TPSA) is 50.7 Å². The molecule has 0 aromatic heterocycles. The third-order valence-electron chi connectivity index (χ3n) is 3.02. The number of nitrogens with one attached hydrogen (secondary N) is 1. The summed E-state index contributed by atoms with van der Waals surface area (Å²) in [6.07, 6.45) is -0.570. The first-order chi connectivity index (χ1) is 9.93. The highest BCUT2D eigenvalue weighted by Crippen LogP contribution is 2.28. The SMILES string of the molecule is CCNC(C)c1ccc(OCC(O)COC(C)C)c(Cl)c1. The van der Waals surface area contributed by atoms with Crippen LogP contribution in [0.1, 0.15) is 39.3 Å². The number of halogens is 1. The van der Waals surface area contributed by atoms with Crippen molar-refractivity contribution in [3.8, 4) is 5.75 Å². The maximum Gasteiger partial charge on any atom is 0.138 e. The molecule has 1 aromatic carbocycles. The average Bonchev–Trinajstić information content (AvgIpc) is 2.44. The van der Waals surface area contributed by atoms with Crippen molar-refractivity contribution in [1.29, 1.82) is 0 Å². The van der Waals surface area contributed by atoms with E-state index in [1.807, 2.05) is 32.0 Å². The summed E-state index contributed by atoms with van der Waals surface area (Å²) in [7, 11) is 0. The number of rotatable bonds is 9. The fourth-order valence-electron chi connectivity index (χ4n) is 1.87. The van der Waals surface area contributed by atoms with Gasteiger partial charge in [0.25, 0.3) is 0 Å². The molecule has 2 unspecified atom stereocenters. The van der Waals surface area contributed by atoms with Crippen molar-refractivity contribution < 1.29 is 14.6 Å². The highest BCUT2D eigenvalue weighted by molar-refractivity contribution is 6.32. The molecule has 4 nitrogen and oxygen atoms in total. The van der Waals surface area contributed by atoms with Crippen LogP contribution in [0.25, 0.3) is 0 Å². The van der Waals surface area contributed by atoms with Crippen LogP contribution in [0, 0.1) is 0 Å². The Balaban J connectivity index is 2.52. The molecular weight excluding hydrogens is 290 g/mol.